The number of hydrogen-bond acceptors (Lipinski definition) is 9. The fourth-order valence-corrected chi connectivity index (χ4v) is 3.61. The van der Waals surface area contributed by atoms with Gasteiger partial charge in [-0.05, 0) is 37.1 Å². The van der Waals surface area contributed by atoms with E-state index >= 15 is 0 Å². The van der Waals surface area contributed by atoms with Crippen molar-refractivity contribution in [3.63, 3.8) is 0 Å². The molecule has 1 aromatic carbocycles. The molecule has 4 rings (SSSR count). The van der Waals surface area contributed by atoms with E-state index in [2.05, 4.69) is 25.6 Å². The Labute approximate surface area is 196 Å². The molecule has 2 N–H and O–H groups in total. The van der Waals surface area contributed by atoms with E-state index in [1.54, 1.807) is 17.2 Å². The second-order valence-electron chi connectivity index (χ2n) is 7.72. The highest BCUT2D eigenvalue weighted by molar-refractivity contribution is 5.76. The van der Waals surface area contributed by atoms with Crippen LogP contribution in [0.2, 0.25) is 0 Å². The summed E-state index contributed by atoms with van der Waals surface area (Å²) in [6, 6.07) is 12.4. The molecular weight excluding hydrogens is 438 g/mol. The number of nitro groups is 1. The molecule has 11 heteroatoms. The lowest BCUT2D eigenvalue weighted by Gasteiger charge is -2.21. The Morgan fingerprint density at radius 2 is 1.94 bits per heavy atom. The summed E-state index contributed by atoms with van der Waals surface area (Å²) < 4.78 is 5.63. The van der Waals surface area contributed by atoms with Crippen LogP contribution in [0, 0.1) is 10.1 Å². The van der Waals surface area contributed by atoms with Crippen molar-refractivity contribution >= 4 is 29.6 Å². The number of hydrogen-bond donors (Lipinski definition) is 2. The smallest absolute Gasteiger partial charge is 0.287 e. The second kappa shape index (κ2) is 11.1. The summed E-state index contributed by atoms with van der Waals surface area (Å²) in [5.74, 6) is 1.03. The number of anilines is 3. The molecule has 3 heterocycles. The average Bonchev–Trinajstić information content (AvgIpc) is 3.39. The zero-order valence-electron chi connectivity index (χ0n) is 18.5. The molecular formula is C23H25N7O4. The molecule has 2 aromatic heterocycles. The van der Waals surface area contributed by atoms with E-state index < -0.39 is 4.92 Å². The van der Waals surface area contributed by atoms with Crippen LogP contribution in [0.15, 0.2) is 54.9 Å². The van der Waals surface area contributed by atoms with Gasteiger partial charge in [-0.2, -0.15) is 0 Å². The van der Waals surface area contributed by atoms with Crippen LogP contribution in [0.25, 0.3) is 11.3 Å². The van der Waals surface area contributed by atoms with Gasteiger partial charge in [-0.1, -0.05) is 12.1 Å². The minimum Gasteiger partial charge on any atom is -0.376 e. The molecule has 0 aliphatic carbocycles. The van der Waals surface area contributed by atoms with Gasteiger partial charge in [-0.15, -0.1) is 0 Å². The van der Waals surface area contributed by atoms with Crippen molar-refractivity contribution in [2.45, 2.75) is 18.9 Å². The summed E-state index contributed by atoms with van der Waals surface area (Å²) >= 11 is 0. The van der Waals surface area contributed by atoms with Gasteiger partial charge in [-0.25, -0.2) is 15.0 Å². The highest BCUT2D eigenvalue weighted by Gasteiger charge is 2.19. The molecule has 1 unspecified atom stereocenters. The van der Waals surface area contributed by atoms with Crippen molar-refractivity contribution in [3.8, 4) is 11.3 Å². The Kier molecular flexibility index (Phi) is 7.56. The standard InChI is InChI=1S/C23H25N7O4/c31-16-29(15-20-2-1-13-34-20)18-5-3-17(4-6-18)21-9-10-25-23(28-21)26-12-11-24-22-8-7-19(14-27-22)30(32)33/h3-10,14,16,20H,1-2,11-13,15H2,(H,24,27)(H,25,26,28). The first-order valence-electron chi connectivity index (χ1n) is 11.0. The number of amides is 1. The van der Waals surface area contributed by atoms with Crippen LogP contribution in [-0.4, -0.2) is 58.6 Å². The maximum Gasteiger partial charge on any atom is 0.287 e. The highest BCUT2D eigenvalue weighted by Crippen LogP contribution is 2.23. The number of pyridine rings is 1. The lowest BCUT2D eigenvalue weighted by molar-refractivity contribution is -0.385. The summed E-state index contributed by atoms with van der Waals surface area (Å²) in [4.78, 5) is 36.2. The van der Waals surface area contributed by atoms with Crippen molar-refractivity contribution in [1.29, 1.82) is 0 Å². The normalized spacial score (nSPS) is 15.0. The lowest BCUT2D eigenvalue weighted by Crippen LogP contribution is -2.30. The number of benzene rings is 1. The molecule has 1 aliphatic heterocycles. The van der Waals surface area contributed by atoms with E-state index in [4.69, 9.17) is 4.74 Å². The molecule has 176 valence electrons. The molecule has 11 nitrogen and oxygen atoms in total. The summed E-state index contributed by atoms with van der Waals surface area (Å²) in [6.07, 6.45) is 5.82. The number of carbonyl (C=O) groups excluding carboxylic acids is 1. The molecule has 1 atom stereocenters. The average molecular weight is 463 g/mol. The van der Waals surface area contributed by atoms with Gasteiger partial charge in [0.05, 0.1) is 23.3 Å². The van der Waals surface area contributed by atoms with Gasteiger partial charge < -0.3 is 20.3 Å². The van der Waals surface area contributed by atoms with Crippen LogP contribution < -0.4 is 15.5 Å². The summed E-state index contributed by atoms with van der Waals surface area (Å²) in [6.45, 7) is 2.36. The van der Waals surface area contributed by atoms with Gasteiger partial charge in [0.25, 0.3) is 5.69 Å². The van der Waals surface area contributed by atoms with Crippen molar-refractivity contribution in [2.24, 2.45) is 0 Å². The molecule has 0 spiro atoms. The third-order valence-electron chi connectivity index (χ3n) is 5.37. The van der Waals surface area contributed by atoms with Gasteiger partial charge >= 0.3 is 0 Å². The number of aromatic nitrogens is 3. The molecule has 34 heavy (non-hydrogen) atoms. The maximum absolute atomic E-state index is 11.6. The minimum atomic E-state index is -0.486. The summed E-state index contributed by atoms with van der Waals surface area (Å²) in [7, 11) is 0. The zero-order chi connectivity index (χ0) is 23.8. The molecule has 1 saturated heterocycles. The number of carbonyl (C=O) groups is 1. The fourth-order valence-electron chi connectivity index (χ4n) is 3.61. The first-order valence-corrected chi connectivity index (χ1v) is 11.0. The number of nitrogens with zero attached hydrogens (tertiary/aromatic N) is 5. The molecule has 0 saturated carbocycles. The minimum absolute atomic E-state index is 0.0522. The van der Waals surface area contributed by atoms with E-state index in [1.165, 1.54) is 12.3 Å². The molecule has 3 aromatic rings. The topological polar surface area (TPSA) is 135 Å². The monoisotopic (exact) mass is 463 g/mol. The van der Waals surface area contributed by atoms with Crippen LogP contribution in [0.5, 0.6) is 0 Å². The van der Waals surface area contributed by atoms with Crippen molar-refractivity contribution in [1.82, 2.24) is 15.0 Å². The van der Waals surface area contributed by atoms with Crippen LogP contribution in [0.4, 0.5) is 23.1 Å². The van der Waals surface area contributed by atoms with E-state index in [1.807, 2.05) is 30.3 Å². The largest absolute Gasteiger partial charge is 0.376 e. The first kappa shape index (κ1) is 23.1. The van der Waals surface area contributed by atoms with Gasteiger partial charge in [-0.3, -0.25) is 14.9 Å². The SMILES string of the molecule is O=CN(CC1CCCO1)c1ccc(-c2ccnc(NCCNc3ccc([N+](=O)[O-])cn3)n2)cc1. The van der Waals surface area contributed by atoms with Gasteiger partial charge in [0.1, 0.15) is 12.0 Å². The molecule has 1 aliphatic rings. The van der Waals surface area contributed by atoms with Crippen LogP contribution in [0.1, 0.15) is 12.8 Å². The predicted molar refractivity (Wildman–Crippen MR) is 128 cm³/mol. The molecule has 1 fully saturated rings. The Balaban J connectivity index is 1.30. The quantitative estimate of drug-likeness (QED) is 0.190. The Bertz CT molecular complexity index is 1100. The Morgan fingerprint density at radius 3 is 2.62 bits per heavy atom. The first-order chi connectivity index (χ1) is 16.6. The summed E-state index contributed by atoms with van der Waals surface area (Å²) in [5, 5.41) is 16.9. The second-order valence-corrected chi connectivity index (χ2v) is 7.72. The van der Waals surface area contributed by atoms with Gasteiger partial charge in [0.2, 0.25) is 12.4 Å². The van der Waals surface area contributed by atoms with E-state index in [-0.39, 0.29) is 11.8 Å². The van der Waals surface area contributed by atoms with Crippen molar-refractivity contribution in [3.05, 3.63) is 65.0 Å². The Morgan fingerprint density at radius 1 is 1.12 bits per heavy atom. The van der Waals surface area contributed by atoms with Crippen LogP contribution in [-0.2, 0) is 9.53 Å². The van der Waals surface area contributed by atoms with E-state index in [9.17, 15) is 14.9 Å². The van der Waals surface area contributed by atoms with E-state index in [0.29, 0.717) is 31.4 Å². The zero-order valence-corrected chi connectivity index (χ0v) is 18.5. The molecule has 0 radical (unpaired) electrons. The number of nitrogens with one attached hydrogen (secondary N) is 2. The van der Waals surface area contributed by atoms with Gasteiger partial charge in [0, 0.05) is 43.2 Å². The summed E-state index contributed by atoms with van der Waals surface area (Å²) in [5.41, 5.74) is 2.42. The predicted octanol–water partition coefficient (Wildman–Crippen LogP) is 3.11. The number of ether oxygens (including phenoxy) is 1. The highest BCUT2D eigenvalue weighted by atomic mass is 16.6. The van der Waals surface area contributed by atoms with Crippen molar-refractivity contribution in [2.75, 3.05) is 41.8 Å². The fraction of sp³-hybridized carbons (Fsp3) is 0.304. The maximum atomic E-state index is 11.6. The third-order valence-corrected chi connectivity index (χ3v) is 5.37. The van der Waals surface area contributed by atoms with Gasteiger partial charge in [0.15, 0.2) is 0 Å². The molecule has 0 bridgehead atoms. The van der Waals surface area contributed by atoms with E-state index in [0.717, 1.165) is 42.8 Å². The van der Waals surface area contributed by atoms with Crippen molar-refractivity contribution < 1.29 is 14.5 Å². The molecule has 1 amide bonds. The Hall–Kier alpha value is -4.12. The third kappa shape index (κ3) is 6.01. The number of rotatable bonds is 11. The lowest BCUT2D eigenvalue weighted by atomic mass is 10.1. The van der Waals surface area contributed by atoms with Crippen LogP contribution >= 0.6 is 0 Å². The van der Waals surface area contributed by atoms with Crippen LogP contribution in [0.3, 0.4) is 0 Å².